The highest BCUT2D eigenvalue weighted by atomic mass is 35.5. The van der Waals surface area contributed by atoms with E-state index < -0.39 is 18.0 Å². The lowest BCUT2D eigenvalue weighted by Gasteiger charge is -2.12. The van der Waals surface area contributed by atoms with E-state index in [1.165, 1.54) is 36.6 Å². The van der Waals surface area contributed by atoms with Crippen LogP contribution in [-0.4, -0.2) is 27.9 Å². The minimum absolute atomic E-state index is 0.174. The van der Waals surface area contributed by atoms with Crippen molar-refractivity contribution in [1.29, 1.82) is 0 Å². The Morgan fingerprint density at radius 1 is 1.23 bits per heavy atom. The number of benzene rings is 1. The molecule has 1 N–H and O–H groups in total. The number of carbonyl (C=O) groups is 2. The molecule has 0 fully saturated rings. The maximum absolute atomic E-state index is 12.2. The fourth-order valence-corrected chi connectivity index (χ4v) is 2.99. The number of aromatic nitrogens is 2. The van der Waals surface area contributed by atoms with E-state index in [9.17, 15) is 9.59 Å². The summed E-state index contributed by atoms with van der Waals surface area (Å²) in [6, 6.07) is 12.5. The number of pyridine rings is 1. The maximum Gasteiger partial charge on any atom is 0.339 e. The molecule has 0 aliphatic heterocycles. The molecule has 0 saturated carbocycles. The molecule has 3 rings (SSSR count). The van der Waals surface area contributed by atoms with Crippen LogP contribution in [0.4, 0.5) is 5.13 Å². The van der Waals surface area contributed by atoms with Crippen molar-refractivity contribution in [3.05, 3.63) is 64.8 Å². The number of amides is 1. The van der Waals surface area contributed by atoms with E-state index in [2.05, 4.69) is 15.3 Å². The van der Waals surface area contributed by atoms with Gasteiger partial charge in [-0.3, -0.25) is 10.1 Å². The zero-order chi connectivity index (χ0) is 18.5. The molecule has 0 radical (unpaired) electrons. The Morgan fingerprint density at radius 2 is 2.00 bits per heavy atom. The topological polar surface area (TPSA) is 81.2 Å². The summed E-state index contributed by atoms with van der Waals surface area (Å²) in [6.45, 7) is 1.49. The number of nitrogens with zero attached hydrogens (tertiary/aromatic N) is 2. The third-order valence-electron chi connectivity index (χ3n) is 3.42. The Bertz CT molecular complexity index is 930. The number of carbonyl (C=O) groups excluding carboxylic acids is 2. The largest absolute Gasteiger partial charge is 0.449 e. The van der Waals surface area contributed by atoms with E-state index in [1.807, 2.05) is 35.7 Å². The molecule has 0 aliphatic carbocycles. The summed E-state index contributed by atoms with van der Waals surface area (Å²) in [5.74, 6) is -1.12. The fourth-order valence-electron chi connectivity index (χ4n) is 2.09. The average molecular weight is 388 g/mol. The summed E-state index contributed by atoms with van der Waals surface area (Å²) in [5, 5.41) is 5.11. The van der Waals surface area contributed by atoms with Gasteiger partial charge in [0.05, 0.1) is 11.3 Å². The van der Waals surface area contributed by atoms with Crippen molar-refractivity contribution in [2.45, 2.75) is 13.0 Å². The molecule has 6 nitrogen and oxygen atoms in total. The van der Waals surface area contributed by atoms with Gasteiger partial charge in [0.2, 0.25) is 0 Å². The zero-order valence-corrected chi connectivity index (χ0v) is 15.3. The van der Waals surface area contributed by atoms with Gasteiger partial charge in [0.15, 0.2) is 11.2 Å². The molecule has 3 aromatic rings. The number of halogens is 1. The molecule has 1 aromatic carbocycles. The van der Waals surface area contributed by atoms with Crippen molar-refractivity contribution in [2.75, 3.05) is 5.32 Å². The van der Waals surface area contributed by atoms with Gasteiger partial charge in [-0.2, -0.15) is 0 Å². The van der Waals surface area contributed by atoms with Crippen LogP contribution in [0.15, 0.2) is 54.0 Å². The van der Waals surface area contributed by atoms with Crippen molar-refractivity contribution in [3.63, 3.8) is 0 Å². The van der Waals surface area contributed by atoms with Crippen LogP contribution in [0.5, 0.6) is 0 Å². The molecule has 1 amide bonds. The first-order valence-electron chi connectivity index (χ1n) is 7.67. The lowest BCUT2D eigenvalue weighted by molar-refractivity contribution is -0.123. The zero-order valence-electron chi connectivity index (χ0n) is 13.7. The number of rotatable bonds is 5. The first-order chi connectivity index (χ1) is 12.5. The van der Waals surface area contributed by atoms with E-state index in [4.69, 9.17) is 16.3 Å². The highest BCUT2D eigenvalue weighted by molar-refractivity contribution is 7.14. The minimum Gasteiger partial charge on any atom is -0.449 e. The quantitative estimate of drug-likeness (QED) is 0.527. The van der Waals surface area contributed by atoms with Gasteiger partial charge in [0, 0.05) is 17.1 Å². The Morgan fingerprint density at radius 3 is 2.73 bits per heavy atom. The molecule has 0 aliphatic rings. The Kier molecular flexibility index (Phi) is 5.60. The highest BCUT2D eigenvalue weighted by Crippen LogP contribution is 2.24. The second-order valence-electron chi connectivity index (χ2n) is 5.31. The number of anilines is 1. The summed E-state index contributed by atoms with van der Waals surface area (Å²) in [5.41, 5.74) is 1.95. The van der Waals surface area contributed by atoms with E-state index in [-0.39, 0.29) is 10.7 Å². The average Bonchev–Trinajstić information content (AvgIpc) is 3.11. The molecular formula is C18H14ClN3O3S. The molecule has 1 unspecified atom stereocenters. The van der Waals surface area contributed by atoms with Gasteiger partial charge in [0.1, 0.15) is 5.15 Å². The van der Waals surface area contributed by atoms with Gasteiger partial charge >= 0.3 is 5.97 Å². The SMILES string of the molecule is CC(OC(=O)c1ccnc(Cl)c1)C(=O)Nc1nc(-c2ccccc2)cs1. The summed E-state index contributed by atoms with van der Waals surface area (Å²) >= 11 is 7.04. The number of ether oxygens (including phenoxy) is 1. The van der Waals surface area contributed by atoms with Gasteiger partial charge in [-0.05, 0) is 19.1 Å². The van der Waals surface area contributed by atoms with E-state index in [1.54, 1.807) is 0 Å². The molecule has 132 valence electrons. The van der Waals surface area contributed by atoms with Gasteiger partial charge in [-0.1, -0.05) is 41.9 Å². The van der Waals surface area contributed by atoms with Crippen molar-refractivity contribution in [2.24, 2.45) is 0 Å². The van der Waals surface area contributed by atoms with Crippen molar-refractivity contribution >= 4 is 39.9 Å². The second-order valence-corrected chi connectivity index (χ2v) is 6.55. The monoisotopic (exact) mass is 387 g/mol. The van der Waals surface area contributed by atoms with Crippen LogP contribution < -0.4 is 5.32 Å². The molecule has 0 spiro atoms. The van der Waals surface area contributed by atoms with E-state index >= 15 is 0 Å². The number of thiazole rings is 1. The third kappa shape index (κ3) is 4.44. The number of hydrogen-bond acceptors (Lipinski definition) is 6. The Hall–Kier alpha value is -2.77. The summed E-state index contributed by atoms with van der Waals surface area (Å²) in [4.78, 5) is 32.4. The smallest absolute Gasteiger partial charge is 0.339 e. The minimum atomic E-state index is -0.987. The lowest BCUT2D eigenvalue weighted by Crippen LogP contribution is -2.30. The summed E-state index contributed by atoms with van der Waals surface area (Å²) < 4.78 is 5.16. The molecule has 0 saturated heterocycles. The molecule has 1 atom stereocenters. The van der Waals surface area contributed by atoms with E-state index in [0.717, 1.165) is 11.3 Å². The first kappa shape index (κ1) is 18.0. The van der Waals surface area contributed by atoms with Gasteiger partial charge in [-0.15, -0.1) is 11.3 Å². The molecule has 26 heavy (non-hydrogen) atoms. The van der Waals surface area contributed by atoms with Crippen molar-refractivity contribution in [1.82, 2.24) is 9.97 Å². The molecule has 8 heteroatoms. The fraction of sp³-hybridized carbons (Fsp3) is 0.111. The first-order valence-corrected chi connectivity index (χ1v) is 8.93. The Labute approximate surface area is 158 Å². The van der Waals surface area contributed by atoms with Crippen LogP contribution in [0.25, 0.3) is 11.3 Å². The Balaban J connectivity index is 1.61. The number of esters is 1. The van der Waals surface area contributed by atoms with Crippen LogP contribution in [0.3, 0.4) is 0 Å². The number of hydrogen-bond donors (Lipinski definition) is 1. The van der Waals surface area contributed by atoms with Crippen LogP contribution >= 0.6 is 22.9 Å². The molecular weight excluding hydrogens is 374 g/mol. The van der Waals surface area contributed by atoms with Gasteiger partial charge in [0.25, 0.3) is 5.91 Å². The summed E-state index contributed by atoms with van der Waals surface area (Å²) in [7, 11) is 0. The molecule has 0 bridgehead atoms. The van der Waals surface area contributed by atoms with Gasteiger partial charge in [-0.25, -0.2) is 14.8 Å². The second kappa shape index (κ2) is 8.07. The van der Waals surface area contributed by atoms with Crippen molar-refractivity contribution in [3.8, 4) is 11.3 Å². The van der Waals surface area contributed by atoms with Crippen LogP contribution in [0, 0.1) is 0 Å². The van der Waals surface area contributed by atoms with Gasteiger partial charge < -0.3 is 4.74 Å². The molecule has 2 aromatic heterocycles. The van der Waals surface area contributed by atoms with E-state index in [0.29, 0.717) is 5.13 Å². The highest BCUT2D eigenvalue weighted by Gasteiger charge is 2.20. The van der Waals surface area contributed by atoms with Crippen LogP contribution in [-0.2, 0) is 9.53 Å². The maximum atomic E-state index is 12.2. The number of nitrogens with one attached hydrogen (secondary N) is 1. The standard InChI is InChI=1S/C18H14ClN3O3S/c1-11(25-17(24)13-7-8-20-15(19)9-13)16(23)22-18-21-14(10-26-18)12-5-3-2-4-6-12/h2-11H,1H3,(H,21,22,23). The normalized spacial score (nSPS) is 11.6. The lowest BCUT2D eigenvalue weighted by atomic mass is 10.2. The predicted molar refractivity (Wildman–Crippen MR) is 100 cm³/mol. The third-order valence-corrected chi connectivity index (χ3v) is 4.38. The van der Waals surface area contributed by atoms with Crippen LogP contribution in [0.2, 0.25) is 5.15 Å². The predicted octanol–water partition coefficient (Wildman–Crippen LogP) is 4.04. The van der Waals surface area contributed by atoms with Crippen LogP contribution in [0.1, 0.15) is 17.3 Å². The van der Waals surface area contributed by atoms with Crippen molar-refractivity contribution < 1.29 is 14.3 Å². The molecule has 2 heterocycles. The summed E-state index contributed by atoms with van der Waals surface area (Å²) in [6.07, 6.45) is 0.406.